The molecule has 1 N–H and O–H groups in total. The Hall–Kier alpha value is -0.220. The largest absolute Gasteiger partial charge is 0.448 e. The first-order valence-electron chi connectivity index (χ1n) is 6.79. The lowest BCUT2D eigenvalue weighted by Gasteiger charge is -2.19. The van der Waals surface area contributed by atoms with E-state index < -0.39 is 50.5 Å². The number of alkyl halides is 5. The number of carbonyl (C=O) groups excluding carboxylic acids is 2. The van der Waals surface area contributed by atoms with Gasteiger partial charge < -0.3 is 9.47 Å². The van der Waals surface area contributed by atoms with Crippen molar-refractivity contribution in [1.82, 2.24) is 0 Å². The Morgan fingerprint density at radius 1 is 1.18 bits per heavy atom. The number of rotatable bonds is 7. The van der Waals surface area contributed by atoms with Crippen molar-refractivity contribution in [3.8, 4) is 5.75 Å². The predicted molar refractivity (Wildman–Crippen MR) is 106 cm³/mol. The summed E-state index contributed by atoms with van der Waals surface area (Å²) in [6.07, 6.45) is -8.30. The van der Waals surface area contributed by atoms with Gasteiger partial charge in [-0.05, 0) is 44.0 Å². The molecule has 0 bridgehead atoms. The van der Waals surface area contributed by atoms with Crippen LogP contribution in [0.15, 0.2) is 21.1 Å². The number of esters is 2. The van der Waals surface area contributed by atoms with Gasteiger partial charge in [-0.3, -0.25) is 9.35 Å². The zero-order valence-electron chi connectivity index (χ0n) is 13.2. The predicted octanol–water partition coefficient (Wildman–Crippen LogP) is 4.25. The van der Waals surface area contributed by atoms with E-state index in [4.69, 9.17) is 9.29 Å². The van der Waals surface area contributed by atoms with Crippen LogP contribution >= 0.6 is 63.7 Å². The molecule has 2 unspecified atom stereocenters. The summed E-state index contributed by atoms with van der Waals surface area (Å²) in [5, 5.41) is 0.248. The highest BCUT2D eigenvalue weighted by atomic mass is 79.9. The van der Waals surface area contributed by atoms with Gasteiger partial charge in [0.15, 0.2) is 5.75 Å². The molecule has 0 saturated heterocycles. The summed E-state index contributed by atoms with van der Waals surface area (Å²) in [7, 11) is -5.06. The van der Waals surface area contributed by atoms with Crippen LogP contribution in [0.3, 0.4) is 0 Å². The first-order chi connectivity index (χ1) is 12.7. The van der Waals surface area contributed by atoms with Gasteiger partial charge in [0.05, 0.1) is 14.5 Å². The van der Waals surface area contributed by atoms with Gasteiger partial charge in [-0.1, -0.05) is 31.9 Å². The molecule has 0 saturated carbocycles. The van der Waals surface area contributed by atoms with Crippen molar-refractivity contribution in [2.45, 2.75) is 17.1 Å². The molecule has 0 heterocycles. The minimum absolute atomic E-state index is 0.0368. The minimum Gasteiger partial charge on any atom is -0.448 e. The van der Waals surface area contributed by atoms with Crippen molar-refractivity contribution >= 4 is 85.8 Å². The van der Waals surface area contributed by atoms with Gasteiger partial charge in [0, 0.05) is 5.33 Å². The fourth-order valence-electron chi connectivity index (χ4n) is 1.59. The average molecular weight is 686 g/mol. The van der Waals surface area contributed by atoms with E-state index in [9.17, 15) is 31.2 Å². The van der Waals surface area contributed by atoms with E-state index in [1.807, 2.05) is 0 Å². The highest BCUT2D eigenvalue weighted by Crippen LogP contribution is 2.36. The van der Waals surface area contributed by atoms with Gasteiger partial charge in [-0.15, -0.1) is 0 Å². The Bertz CT molecular complexity index is 837. The molecule has 0 aromatic heterocycles. The van der Waals surface area contributed by atoms with Crippen molar-refractivity contribution in [2.24, 2.45) is 0 Å². The van der Waals surface area contributed by atoms with Crippen LogP contribution in [-0.4, -0.2) is 53.1 Å². The van der Waals surface area contributed by atoms with E-state index in [-0.39, 0.29) is 20.0 Å². The topological polar surface area (TPSA) is 107 Å². The summed E-state index contributed by atoms with van der Waals surface area (Å²) in [6.45, 7) is 0. The summed E-state index contributed by atoms with van der Waals surface area (Å²) in [5.74, 6) is -4.08. The maximum Gasteiger partial charge on any atom is 0.426 e. The number of hydrogen-bond acceptors (Lipinski definition) is 6. The third-order valence-electron chi connectivity index (χ3n) is 2.80. The molecule has 0 fully saturated rings. The molecule has 0 aliphatic carbocycles. The fraction of sp³-hybridized carbons (Fsp3) is 0.385. The van der Waals surface area contributed by atoms with E-state index >= 15 is 0 Å². The second-order valence-electron chi connectivity index (χ2n) is 5.00. The minimum atomic E-state index is -5.23. The van der Waals surface area contributed by atoms with Crippen LogP contribution in [0.5, 0.6) is 5.75 Å². The molecular weight excluding hydrogens is 677 g/mol. The molecule has 0 aliphatic rings. The van der Waals surface area contributed by atoms with Crippen molar-refractivity contribution in [3.63, 3.8) is 0 Å². The lowest BCUT2D eigenvalue weighted by atomic mass is 10.2. The van der Waals surface area contributed by atoms with Crippen LogP contribution in [-0.2, 0) is 19.6 Å². The van der Waals surface area contributed by atoms with E-state index in [0.717, 1.165) is 12.1 Å². The number of hydrogen-bond donors (Lipinski definition) is 1. The molecule has 0 aliphatic heterocycles. The molecule has 28 heavy (non-hydrogen) atoms. The molecule has 0 spiro atoms. The molecule has 1 aromatic carbocycles. The zero-order chi connectivity index (χ0) is 21.9. The van der Waals surface area contributed by atoms with Crippen LogP contribution in [0.2, 0.25) is 0 Å². The normalized spacial score (nSPS) is 14.3. The van der Waals surface area contributed by atoms with Crippen LogP contribution in [0.1, 0.15) is 10.4 Å². The molecule has 1 rings (SSSR count). The highest BCUT2D eigenvalue weighted by Gasteiger charge is 2.45. The van der Waals surface area contributed by atoms with Crippen molar-refractivity contribution in [1.29, 1.82) is 0 Å². The van der Waals surface area contributed by atoms with Gasteiger partial charge in [-0.25, -0.2) is 4.79 Å². The maximum atomic E-state index is 12.9. The van der Waals surface area contributed by atoms with Gasteiger partial charge in [0.1, 0.15) is 10.6 Å². The van der Waals surface area contributed by atoms with E-state index in [2.05, 4.69) is 68.5 Å². The van der Waals surface area contributed by atoms with Crippen molar-refractivity contribution in [3.05, 3.63) is 26.6 Å². The monoisotopic (exact) mass is 682 g/mol. The van der Waals surface area contributed by atoms with Gasteiger partial charge >= 0.3 is 18.1 Å². The summed E-state index contributed by atoms with van der Waals surface area (Å²) < 4.78 is 78.1. The molecule has 0 radical (unpaired) electrons. The molecular formula is C13H9Br4F3O7S. The summed E-state index contributed by atoms with van der Waals surface area (Å²) in [5.41, 5.74) is -0.404. The standard InChI is InChI=1S/C13H9Br4F3O7S/c14-3-8(17)12(22)27-10-6(15)1-5(2-7(10)16)11(21)26-9(13(18,19)20)4-28(23,24)25/h1-2,8-9H,3-4H2,(H,23,24,25). The maximum absolute atomic E-state index is 12.9. The molecule has 158 valence electrons. The second-order valence-corrected chi connectivity index (χ2v) is 9.95. The van der Waals surface area contributed by atoms with Gasteiger partial charge in [0.25, 0.3) is 10.1 Å². The average Bonchev–Trinajstić information content (AvgIpc) is 2.54. The Balaban J connectivity index is 3.10. The Kier molecular flexibility index (Phi) is 9.40. The van der Waals surface area contributed by atoms with Crippen LogP contribution in [0, 0.1) is 0 Å². The number of ether oxygens (including phenoxy) is 2. The molecule has 15 heteroatoms. The lowest BCUT2D eigenvalue weighted by Crippen LogP contribution is -2.39. The summed E-state index contributed by atoms with van der Waals surface area (Å²) >= 11 is 12.2. The van der Waals surface area contributed by atoms with Gasteiger partial charge in [-0.2, -0.15) is 21.6 Å². The summed E-state index contributed by atoms with van der Waals surface area (Å²) in [6, 6.07) is 2.04. The van der Waals surface area contributed by atoms with Gasteiger partial charge in [0.2, 0.25) is 6.10 Å². The van der Waals surface area contributed by atoms with Crippen molar-refractivity contribution in [2.75, 3.05) is 11.1 Å². The lowest BCUT2D eigenvalue weighted by molar-refractivity contribution is -0.197. The zero-order valence-corrected chi connectivity index (χ0v) is 20.3. The van der Waals surface area contributed by atoms with Crippen LogP contribution in [0.4, 0.5) is 13.2 Å². The van der Waals surface area contributed by atoms with E-state index in [0.29, 0.717) is 0 Å². The fourth-order valence-corrected chi connectivity index (χ4v) is 3.93. The molecule has 0 amide bonds. The Labute approximate surface area is 190 Å². The first kappa shape index (κ1) is 25.8. The number of benzene rings is 1. The second kappa shape index (κ2) is 10.2. The third-order valence-corrected chi connectivity index (χ3v) is 6.92. The quantitative estimate of drug-likeness (QED) is 0.198. The molecule has 2 atom stereocenters. The summed E-state index contributed by atoms with van der Waals surface area (Å²) in [4.78, 5) is 23.2. The SMILES string of the molecule is O=C(OC(CS(=O)(=O)O)C(F)(F)F)c1cc(Br)c(OC(=O)C(Br)CBr)c(Br)c1. The number of carbonyl (C=O) groups is 2. The molecule has 1 aromatic rings. The molecule has 7 nitrogen and oxygen atoms in total. The highest BCUT2D eigenvalue weighted by molar-refractivity contribution is 9.12. The Morgan fingerprint density at radius 2 is 1.68 bits per heavy atom. The number of halogens is 7. The third kappa shape index (κ3) is 7.89. The van der Waals surface area contributed by atoms with E-state index in [1.165, 1.54) is 0 Å². The van der Waals surface area contributed by atoms with Crippen molar-refractivity contribution < 1.29 is 45.2 Å². The first-order valence-corrected chi connectivity index (χ1v) is 12.0. The Morgan fingerprint density at radius 3 is 2.07 bits per heavy atom. The van der Waals surface area contributed by atoms with Crippen LogP contribution < -0.4 is 4.74 Å². The smallest absolute Gasteiger partial charge is 0.426 e. The van der Waals surface area contributed by atoms with Crippen LogP contribution in [0.25, 0.3) is 0 Å². The van der Waals surface area contributed by atoms with E-state index in [1.54, 1.807) is 0 Å².